The van der Waals surface area contributed by atoms with Crippen LogP contribution in [-0.2, 0) is 0 Å². The van der Waals surface area contributed by atoms with Crippen molar-refractivity contribution < 1.29 is 23.8 Å². The highest BCUT2D eigenvalue weighted by molar-refractivity contribution is 6.11. The summed E-state index contributed by atoms with van der Waals surface area (Å²) in [5.74, 6) is 1.44. The average molecular weight is 404 g/mol. The van der Waals surface area contributed by atoms with Crippen LogP contribution in [0.2, 0.25) is 0 Å². The molecule has 0 aromatic heterocycles. The maximum atomic E-state index is 13.0. The van der Waals surface area contributed by atoms with E-state index >= 15 is 0 Å². The van der Waals surface area contributed by atoms with Crippen LogP contribution in [0.3, 0.4) is 0 Å². The first kappa shape index (κ1) is 19.3. The molecule has 7 heteroatoms. The topological polar surface area (TPSA) is 77.1 Å². The van der Waals surface area contributed by atoms with E-state index in [1.54, 1.807) is 49.5 Å². The number of carbonyl (C=O) groups is 2. The fraction of sp³-hybridized carbons (Fsp3) is 0.130. The van der Waals surface area contributed by atoms with E-state index in [2.05, 4.69) is 5.32 Å². The number of para-hydroxylation sites is 2. The van der Waals surface area contributed by atoms with E-state index in [1.165, 1.54) is 19.1 Å². The van der Waals surface area contributed by atoms with Gasteiger partial charge in [0.05, 0.1) is 25.5 Å². The average Bonchev–Trinajstić information content (AvgIpc) is 2.88. The van der Waals surface area contributed by atoms with Crippen molar-refractivity contribution in [3.63, 3.8) is 0 Å². The summed E-state index contributed by atoms with van der Waals surface area (Å²) in [6.45, 7) is 0. The zero-order valence-electron chi connectivity index (χ0n) is 16.8. The Balaban J connectivity index is 1.64. The van der Waals surface area contributed by atoms with E-state index in [4.69, 9.17) is 14.2 Å². The van der Waals surface area contributed by atoms with Crippen molar-refractivity contribution in [3.8, 4) is 23.0 Å². The zero-order valence-corrected chi connectivity index (χ0v) is 16.8. The number of methoxy groups -OCH3 is 2. The number of benzene rings is 3. The predicted molar refractivity (Wildman–Crippen MR) is 113 cm³/mol. The minimum atomic E-state index is -0.356. The molecule has 2 amide bonds. The highest BCUT2D eigenvalue weighted by Gasteiger charge is 2.26. The van der Waals surface area contributed by atoms with Gasteiger partial charge in [0.1, 0.15) is 17.2 Å². The molecule has 0 radical (unpaired) electrons. The maximum Gasteiger partial charge on any atom is 0.261 e. The Hall–Kier alpha value is -4.00. The molecule has 0 aliphatic carbocycles. The molecule has 0 saturated carbocycles. The first-order valence-corrected chi connectivity index (χ1v) is 9.23. The van der Waals surface area contributed by atoms with Gasteiger partial charge in [-0.2, -0.15) is 0 Å². The Kier molecular flexibility index (Phi) is 5.02. The van der Waals surface area contributed by atoms with Crippen molar-refractivity contribution in [2.45, 2.75) is 0 Å². The van der Waals surface area contributed by atoms with Crippen LogP contribution in [0.1, 0.15) is 20.7 Å². The molecule has 1 aliphatic heterocycles. The maximum absolute atomic E-state index is 13.0. The van der Waals surface area contributed by atoms with Crippen LogP contribution in [0.25, 0.3) is 0 Å². The van der Waals surface area contributed by atoms with E-state index in [9.17, 15) is 9.59 Å². The second kappa shape index (κ2) is 7.79. The van der Waals surface area contributed by atoms with Crippen LogP contribution >= 0.6 is 0 Å². The van der Waals surface area contributed by atoms with Crippen molar-refractivity contribution in [1.82, 2.24) is 0 Å². The van der Waals surface area contributed by atoms with Gasteiger partial charge in [0.15, 0.2) is 5.75 Å². The molecule has 0 atom stereocenters. The van der Waals surface area contributed by atoms with Crippen LogP contribution in [-0.4, -0.2) is 33.1 Å². The van der Waals surface area contributed by atoms with E-state index in [0.717, 1.165) is 0 Å². The number of hydrogen-bond donors (Lipinski definition) is 1. The fourth-order valence-electron chi connectivity index (χ4n) is 3.23. The molecular weight excluding hydrogens is 384 g/mol. The zero-order chi connectivity index (χ0) is 21.3. The van der Waals surface area contributed by atoms with Crippen LogP contribution in [0, 0.1) is 0 Å². The normalized spacial score (nSPS) is 12.2. The highest BCUT2D eigenvalue weighted by Crippen LogP contribution is 2.38. The number of hydrogen-bond acceptors (Lipinski definition) is 5. The molecule has 1 N–H and O–H groups in total. The summed E-state index contributed by atoms with van der Waals surface area (Å²) in [5.41, 5.74) is 1.87. The number of anilines is 2. The molecule has 3 aromatic carbocycles. The summed E-state index contributed by atoms with van der Waals surface area (Å²) >= 11 is 0. The van der Waals surface area contributed by atoms with Gasteiger partial charge in [-0.1, -0.05) is 12.1 Å². The molecule has 0 fully saturated rings. The molecule has 7 nitrogen and oxygen atoms in total. The van der Waals surface area contributed by atoms with E-state index < -0.39 is 0 Å². The first-order chi connectivity index (χ1) is 14.5. The second-order valence-electron chi connectivity index (χ2n) is 6.70. The second-order valence-corrected chi connectivity index (χ2v) is 6.70. The quantitative estimate of drug-likeness (QED) is 0.700. The number of nitrogens with zero attached hydrogens (tertiary/aromatic N) is 1. The molecule has 0 unspecified atom stereocenters. The van der Waals surface area contributed by atoms with Crippen molar-refractivity contribution in [3.05, 3.63) is 71.8 Å². The van der Waals surface area contributed by atoms with Gasteiger partial charge >= 0.3 is 0 Å². The molecule has 152 valence electrons. The Morgan fingerprint density at radius 3 is 2.33 bits per heavy atom. The number of amides is 2. The summed E-state index contributed by atoms with van der Waals surface area (Å²) in [6, 6.07) is 17.2. The lowest BCUT2D eigenvalue weighted by Crippen LogP contribution is -2.25. The molecule has 1 heterocycles. The minimum absolute atomic E-state index is 0.228. The van der Waals surface area contributed by atoms with Gasteiger partial charge in [0.25, 0.3) is 11.8 Å². The van der Waals surface area contributed by atoms with E-state index in [1.807, 2.05) is 18.2 Å². The standard InChI is InChI=1S/C23H20N2O5/c1-25-19-6-4-5-7-21(19)30-20-9-8-15(12-18(20)23(25)27)24-22(26)14-10-16(28-2)13-17(11-14)29-3/h4-13H,1-3H3,(H,24,26). The number of nitrogens with one attached hydrogen (secondary N) is 1. The van der Waals surface area contributed by atoms with E-state index in [-0.39, 0.29) is 11.8 Å². The van der Waals surface area contributed by atoms with Gasteiger partial charge in [0.2, 0.25) is 0 Å². The lowest BCUT2D eigenvalue weighted by Gasteiger charge is -2.16. The third-order valence-corrected chi connectivity index (χ3v) is 4.83. The number of carbonyl (C=O) groups excluding carboxylic acids is 2. The lowest BCUT2D eigenvalue weighted by molar-refractivity contribution is 0.0990. The summed E-state index contributed by atoms with van der Waals surface area (Å²) in [4.78, 5) is 27.3. The molecular formula is C23H20N2O5. The Bertz CT molecular complexity index is 1120. The molecule has 0 bridgehead atoms. The van der Waals surface area contributed by atoms with Crippen molar-refractivity contribution in [2.75, 3.05) is 31.5 Å². The van der Waals surface area contributed by atoms with Crippen molar-refractivity contribution in [2.24, 2.45) is 0 Å². The number of ether oxygens (including phenoxy) is 3. The molecule has 30 heavy (non-hydrogen) atoms. The third kappa shape index (κ3) is 3.53. The molecule has 0 spiro atoms. The largest absolute Gasteiger partial charge is 0.497 e. The van der Waals surface area contributed by atoms with Crippen LogP contribution in [0.4, 0.5) is 11.4 Å². The van der Waals surface area contributed by atoms with Crippen LogP contribution < -0.4 is 24.4 Å². The molecule has 0 saturated heterocycles. The SMILES string of the molecule is COc1cc(OC)cc(C(=O)Nc2ccc3c(c2)C(=O)N(C)c2ccccc2O3)c1. The Morgan fingerprint density at radius 1 is 0.933 bits per heavy atom. The first-order valence-electron chi connectivity index (χ1n) is 9.23. The van der Waals surface area contributed by atoms with E-state index in [0.29, 0.717) is 45.5 Å². The summed E-state index contributed by atoms with van der Waals surface area (Å²) in [6.07, 6.45) is 0. The number of rotatable bonds is 4. The Morgan fingerprint density at radius 2 is 1.63 bits per heavy atom. The van der Waals surface area contributed by atoms with Crippen molar-refractivity contribution in [1.29, 1.82) is 0 Å². The van der Waals surface area contributed by atoms with Gasteiger partial charge in [0, 0.05) is 24.4 Å². The monoisotopic (exact) mass is 404 g/mol. The molecule has 1 aliphatic rings. The molecule has 3 aromatic rings. The lowest BCUT2D eigenvalue weighted by atomic mass is 10.1. The van der Waals surface area contributed by atoms with Crippen molar-refractivity contribution >= 4 is 23.2 Å². The van der Waals surface area contributed by atoms with Gasteiger partial charge in [-0.3, -0.25) is 9.59 Å². The summed E-state index contributed by atoms with van der Waals surface area (Å²) in [7, 11) is 4.72. The summed E-state index contributed by atoms with van der Waals surface area (Å²) < 4.78 is 16.4. The van der Waals surface area contributed by atoms with Crippen LogP contribution in [0.15, 0.2) is 60.7 Å². The van der Waals surface area contributed by atoms with Gasteiger partial charge in [-0.15, -0.1) is 0 Å². The summed E-state index contributed by atoms with van der Waals surface area (Å²) in [5, 5.41) is 2.81. The minimum Gasteiger partial charge on any atom is -0.497 e. The fourth-order valence-corrected chi connectivity index (χ4v) is 3.23. The number of fused-ring (bicyclic) bond motifs is 2. The van der Waals surface area contributed by atoms with Gasteiger partial charge < -0.3 is 24.4 Å². The molecule has 4 rings (SSSR count). The van der Waals surface area contributed by atoms with Gasteiger partial charge in [-0.05, 0) is 42.5 Å². The third-order valence-electron chi connectivity index (χ3n) is 4.83. The smallest absolute Gasteiger partial charge is 0.261 e. The predicted octanol–water partition coefficient (Wildman–Crippen LogP) is 4.34. The Labute approximate surface area is 173 Å². The highest BCUT2D eigenvalue weighted by atomic mass is 16.5. The van der Waals surface area contributed by atoms with Crippen LogP contribution in [0.5, 0.6) is 23.0 Å². The van der Waals surface area contributed by atoms with Gasteiger partial charge in [-0.25, -0.2) is 0 Å².